The van der Waals surface area contributed by atoms with Crippen molar-refractivity contribution in [2.24, 2.45) is 0 Å². The fourth-order valence-electron chi connectivity index (χ4n) is 7.42. The molecular weight excluding hydrogens is 585 g/mol. The van der Waals surface area contributed by atoms with Crippen LogP contribution in [0.3, 0.4) is 0 Å². The third kappa shape index (κ3) is 3.96. The average Bonchev–Trinajstić information content (AvgIpc) is 3.72. The number of rotatable bonds is 4. The van der Waals surface area contributed by atoms with Gasteiger partial charge < -0.3 is 4.57 Å². The van der Waals surface area contributed by atoms with Gasteiger partial charge in [0.2, 0.25) is 0 Å². The fraction of sp³-hybridized carbons (Fsp3) is 0. The monoisotopic (exact) mass is 612 g/mol. The Balaban J connectivity index is 1.29. The van der Waals surface area contributed by atoms with Gasteiger partial charge in [0.1, 0.15) is 5.82 Å². The van der Waals surface area contributed by atoms with Gasteiger partial charge >= 0.3 is 0 Å². The lowest BCUT2D eigenvalue weighted by Gasteiger charge is -2.15. The first-order valence-corrected chi connectivity index (χ1v) is 16.3. The van der Waals surface area contributed by atoms with Crippen LogP contribution in [0.2, 0.25) is 0 Å². The van der Waals surface area contributed by atoms with Gasteiger partial charge in [0.05, 0.1) is 33.3 Å². The molecular formula is C44H28N4. The van der Waals surface area contributed by atoms with Crippen LogP contribution in [0.25, 0.3) is 88.5 Å². The zero-order valence-corrected chi connectivity index (χ0v) is 26.0. The van der Waals surface area contributed by atoms with Gasteiger partial charge in [-0.1, -0.05) is 121 Å². The Hall–Kier alpha value is -6.52. The molecule has 10 aromatic rings. The zero-order valence-electron chi connectivity index (χ0n) is 26.0. The van der Waals surface area contributed by atoms with Crippen LogP contribution in [0.15, 0.2) is 170 Å². The van der Waals surface area contributed by atoms with Crippen LogP contribution >= 0.6 is 0 Å². The molecule has 3 aromatic heterocycles. The third-order valence-electron chi connectivity index (χ3n) is 9.48. The first-order valence-electron chi connectivity index (χ1n) is 16.3. The SMILES string of the molecule is c1ccc(-c2nc3ccccc3n2-c2cccc(-c3nc4ccccc4c4c3ccc3c5ccccc5n(-c5ccccc5)c34)c2)cc1. The normalized spacial score (nSPS) is 11.8. The minimum absolute atomic E-state index is 0.916. The number of nitrogens with zero attached hydrogens (tertiary/aromatic N) is 4. The molecule has 0 amide bonds. The van der Waals surface area contributed by atoms with Crippen molar-refractivity contribution < 1.29 is 0 Å². The summed E-state index contributed by atoms with van der Waals surface area (Å²) in [6, 6.07) is 60.0. The molecule has 0 radical (unpaired) electrons. The predicted molar refractivity (Wildman–Crippen MR) is 199 cm³/mol. The summed E-state index contributed by atoms with van der Waals surface area (Å²) in [6.07, 6.45) is 0. The Bertz CT molecular complexity index is 2830. The molecule has 4 heteroatoms. The quantitative estimate of drug-likeness (QED) is 0.185. The number of hydrogen-bond acceptors (Lipinski definition) is 2. The Labute approximate surface area is 276 Å². The van der Waals surface area contributed by atoms with Crippen molar-refractivity contribution in [3.63, 3.8) is 0 Å². The van der Waals surface area contributed by atoms with Gasteiger partial charge in [0, 0.05) is 49.4 Å². The van der Waals surface area contributed by atoms with E-state index in [-0.39, 0.29) is 0 Å². The molecule has 3 heterocycles. The minimum atomic E-state index is 0.916. The van der Waals surface area contributed by atoms with Crippen molar-refractivity contribution in [1.82, 2.24) is 19.1 Å². The number of fused-ring (bicyclic) bond motifs is 8. The molecule has 0 spiro atoms. The second-order valence-corrected chi connectivity index (χ2v) is 12.2. The lowest BCUT2D eigenvalue weighted by Crippen LogP contribution is -1.99. The Morgan fingerprint density at radius 1 is 0.375 bits per heavy atom. The summed E-state index contributed by atoms with van der Waals surface area (Å²) in [5.74, 6) is 0.916. The predicted octanol–water partition coefficient (Wildman–Crippen LogP) is 11.2. The van der Waals surface area contributed by atoms with E-state index in [1.165, 1.54) is 27.2 Å². The summed E-state index contributed by atoms with van der Waals surface area (Å²) in [5, 5.41) is 5.94. The highest BCUT2D eigenvalue weighted by molar-refractivity contribution is 6.26. The summed E-state index contributed by atoms with van der Waals surface area (Å²) in [4.78, 5) is 10.5. The second-order valence-electron chi connectivity index (χ2n) is 12.2. The molecule has 0 fully saturated rings. The Morgan fingerprint density at radius 2 is 1.00 bits per heavy atom. The molecule has 0 N–H and O–H groups in total. The minimum Gasteiger partial charge on any atom is -0.309 e. The van der Waals surface area contributed by atoms with Crippen molar-refractivity contribution in [1.29, 1.82) is 0 Å². The Morgan fingerprint density at radius 3 is 1.83 bits per heavy atom. The van der Waals surface area contributed by atoms with Crippen LogP contribution in [0.1, 0.15) is 0 Å². The maximum Gasteiger partial charge on any atom is 0.145 e. The lowest BCUT2D eigenvalue weighted by molar-refractivity contribution is 1.10. The van der Waals surface area contributed by atoms with E-state index in [0.717, 1.165) is 61.3 Å². The summed E-state index contributed by atoms with van der Waals surface area (Å²) >= 11 is 0. The van der Waals surface area contributed by atoms with Crippen LogP contribution in [0.4, 0.5) is 0 Å². The topological polar surface area (TPSA) is 35.6 Å². The highest BCUT2D eigenvalue weighted by atomic mass is 15.1. The van der Waals surface area contributed by atoms with Gasteiger partial charge in [-0.25, -0.2) is 9.97 Å². The van der Waals surface area contributed by atoms with Gasteiger partial charge in [-0.3, -0.25) is 4.57 Å². The summed E-state index contributed by atoms with van der Waals surface area (Å²) in [5.41, 5.74) is 10.7. The number of aromatic nitrogens is 4. The van der Waals surface area contributed by atoms with Gasteiger partial charge in [-0.15, -0.1) is 0 Å². The maximum absolute atomic E-state index is 5.37. The van der Waals surface area contributed by atoms with E-state index in [4.69, 9.17) is 9.97 Å². The smallest absolute Gasteiger partial charge is 0.145 e. The number of hydrogen-bond donors (Lipinski definition) is 0. The van der Waals surface area contributed by atoms with E-state index in [2.05, 4.69) is 167 Å². The van der Waals surface area contributed by atoms with E-state index < -0.39 is 0 Å². The molecule has 0 aliphatic rings. The van der Waals surface area contributed by atoms with Crippen LogP contribution in [0, 0.1) is 0 Å². The molecule has 0 aliphatic carbocycles. The molecule has 0 saturated carbocycles. The molecule has 224 valence electrons. The molecule has 0 aliphatic heterocycles. The zero-order chi connectivity index (χ0) is 31.6. The van der Waals surface area contributed by atoms with Crippen LogP contribution in [-0.2, 0) is 0 Å². The molecule has 48 heavy (non-hydrogen) atoms. The number of imidazole rings is 1. The van der Waals surface area contributed by atoms with Crippen molar-refractivity contribution in [2.75, 3.05) is 0 Å². The number of para-hydroxylation sites is 5. The van der Waals surface area contributed by atoms with E-state index in [1.54, 1.807) is 0 Å². The van der Waals surface area contributed by atoms with E-state index in [9.17, 15) is 0 Å². The van der Waals surface area contributed by atoms with Crippen molar-refractivity contribution in [3.05, 3.63) is 170 Å². The van der Waals surface area contributed by atoms with Gasteiger partial charge in [-0.2, -0.15) is 0 Å². The van der Waals surface area contributed by atoms with Gasteiger partial charge in [-0.05, 0) is 48.5 Å². The molecule has 0 bridgehead atoms. The second kappa shape index (κ2) is 10.5. The summed E-state index contributed by atoms with van der Waals surface area (Å²) < 4.78 is 4.69. The van der Waals surface area contributed by atoms with Gasteiger partial charge in [0.15, 0.2) is 0 Å². The number of pyridine rings is 1. The van der Waals surface area contributed by atoms with E-state index >= 15 is 0 Å². The molecule has 0 atom stereocenters. The third-order valence-corrected chi connectivity index (χ3v) is 9.48. The largest absolute Gasteiger partial charge is 0.309 e. The lowest BCUT2D eigenvalue weighted by atomic mass is 9.97. The van der Waals surface area contributed by atoms with Crippen molar-refractivity contribution in [2.45, 2.75) is 0 Å². The number of benzene rings is 7. The van der Waals surface area contributed by atoms with Crippen LogP contribution in [0.5, 0.6) is 0 Å². The highest BCUT2D eigenvalue weighted by Gasteiger charge is 2.20. The molecule has 10 rings (SSSR count). The fourth-order valence-corrected chi connectivity index (χ4v) is 7.42. The van der Waals surface area contributed by atoms with Gasteiger partial charge in [0.25, 0.3) is 0 Å². The molecule has 0 saturated heterocycles. The maximum atomic E-state index is 5.37. The Kier molecular flexibility index (Phi) is 5.84. The van der Waals surface area contributed by atoms with Crippen LogP contribution in [-0.4, -0.2) is 19.1 Å². The van der Waals surface area contributed by atoms with Crippen molar-refractivity contribution in [3.8, 4) is 34.0 Å². The van der Waals surface area contributed by atoms with E-state index in [0.29, 0.717) is 0 Å². The standard InChI is InChI=1S/C44H28N4/c1-3-14-29(15-4-1)44-46-38-23-10-12-25-40(38)48(44)32-19-13-16-30(28-32)42-36-27-26-34-33-20-8-11-24-39(33)47(31-17-5-2-6-18-31)43(34)41(36)35-21-7-9-22-37(35)45-42/h1-28H. The molecule has 4 nitrogen and oxygen atoms in total. The molecule has 7 aromatic carbocycles. The van der Waals surface area contributed by atoms with Crippen molar-refractivity contribution >= 4 is 54.5 Å². The summed E-state index contributed by atoms with van der Waals surface area (Å²) in [6.45, 7) is 0. The highest BCUT2D eigenvalue weighted by Crippen LogP contribution is 2.42. The average molecular weight is 613 g/mol. The van der Waals surface area contributed by atoms with E-state index in [1.807, 2.05) is 12.1 Å². The summed E-state index contributed by atoms with van der Waals surface area (Å²) in [7, 11) is 0. The first kappa shape index (κ1) is 26.7. The molecule has 0 unspecified atom stereocenters. The van der Waals surface area contributed by atoms with Crippen LogP contribution < -0.4 is 0 Å². The first-order chi connectivity index (χ1) is 23.8.